The minimum atomic E-state index is -0.546. The van der Waals surface area contributed by atoms with Gasteiger partial charge in [0.1, 0.15) is 0 Å². The summed E-state index contributed by atoms with van der Waals surface area (Å²) in [4.78, 5) is 0. The van der Waals surface area contributed by atoms with Gasteiger partial charge in [-0.2, -0.15) is 0 Å². The largest absolute Gasteiger partial charge is 0.512 e. The minimum absolute atomic E-state index is 0.231. The van der Waals surface area contributed by atoms with E-state index in [1.807, 2.05) is 0 Å². The van der Waals surface area contributed by atoms with Crippen molar-refractivity contribution in [2.45, 2.75) is 52.6 Å². The highest BCUT2D eigenvalue weighted by Gasteiger charge is 2.10. The molecule has 2 heteroatoms. The Bertz CT molecular complexity index is 150. The summed E-state index contributed by atoms with van der Waals surface area (Å²) in [6, 6.07) is 0. The first-order valence-corrected chi connectivity index (χ1v) is 5.20. The van der Waals surface area contributed by atoms with E-state index >= 15 is 0 Å². The third-order valence-corrected chi connectivity index (χ3v) is 2.23. The maximum atomic E-state index is 9.61. The lowest BCUT2D eigenvalue weighted by atomic mass is 9.96. The van der Waals surface area contributed by atoms with Crippen molar-refractivity contribution in [2.24, 2.45) is 5.92 Å². The number of allylic oxidation sites excluding steroid dienone is 1. The van der Waals surface area contributed by atoms with Crippen LogP contribution in [0.1, 0.15) is 46.5 Å². The third-order valence-electron chi connectivity index (χ3n) is 2.23. The molecule has 0 rings (SSSR count). The molecule has 78 valence electrons. The molecule has 2 atom stereocenters. The van der Waals surface area contributed by atoms with E-state index < -0.39 is 6.10 Å². The average molecular weight is 186 g/mol. The van der Waals surface area contributed by atoms with Crippen LogP contribution in [0.4, 0.5) is 0 Å². The summed E-state index contributed by atoms with van der Waals surface area (Å²) in [6.45, 7) is 5.86. The molecule has 0 aromatic rings. The van der Waals surface area contributed by atoms with E-state index in [0.29, 0.717) is 5.76 Å². The molecular formula is C11H22O2. The highest BCUT2D eigenvalue weighted by atomic mass is 16.3. The Labute approximate surface area is 81.3 Å². The quantitative estimate of drug-likeness (QED) is 0.626. The lowest BCUT2D eigenvalue weighted by molar-refractivity contribution is 0.227. The molecular weight excluding hydrogens is 164 g/mol. The van der Waals surface area contributed by atoms with Crippen LogP contribution in [0.3, 0.4) is 0 Å². The van der Waals surface area contributed by atoms with Crippen molar-refractivity contribution < 1.29 is 10.2 Å². The highest BCUT2D eigenvalue weighted by molar-refractivity contribution is 4.99. The Kier molecular flexibility index (Phi) is 6.69. The molecule has 0 bridgehead atoms. The van der Waals surface area contributed by atoms with Gasteiger partial charge in [-0.05, 0) is 25.8 Å². The van der Waals surface area contributed by atoms with E-state index in [1.54, 1.807) is 6.92 Å². The fourth-order valence-electron chi connectivity index (χ4n) is 1.39. The predicted molar refractivity (Wildman–Crippen MR) is 55.7 cm³/mol. The molecule has 0 aliphatic carbocycles. The summed E-state index contributed by atoms with van der Waals surface area (Å²) >= 11 is 0. The second-order valence-electron chi connectivity index (χ2n) is 3.58. The van der Waals surface area contributed by atoms with Crippen LogP contribution in [0.25, 0.3) is 0 Å². The van der Waals surface area contributed by atoms with Crippen molar-refractivity contribution in [3.05, 3.63) is 11.8 Å². The van der Waals surface area contributed by atoms with Crippen molar-refractivity contribution in [1.29, 1.82) is 0 Å². The van der Waals surface area contributed by atoms with Crippen molar-refractivity contribution in [2.75, 3.05) is 0 Å². The van der Waals surface area contributed by atoms with E-state index in [1.165, 1.54) is 6.08 Å². The number of aliphatic hydroxyl groups excluding tert-OH is 2. The standard InChI is InChI=1S/C11H22O2/c1-4-6-7-10(5-2)11(13)8-9(3)12/h8-10,12-13H,4-7H2,1-3H3. The molecule has 0 aromatic heterocycles. The number of hydrogen-bond acceptors (Lipinski definition) is 2. The molecule has 0 amide bonds. The number of aliphatic hydroxyl groups is 2. The van der Waals surface area contributed by atoms with Crippen molar-refractivity contribution in [1.82, 2.24) is 0 Å². The minimum Gasteiger partial charge on any atom is -0.512 e. The predicted octanol–water partition coefficient (Wildman–Crippen LogP) is 3.03. The van der Waals surface area contributed by atoms with E-state index in [4.69, 9.17) is 5.11 Å². The topological polar surface area (TPSA) is 40.5 Å². The molecule has 0 radical (unpaired) electrons. The molecule has 0 aromatic carbocycles. The van der Waals surface area contributed by atoms with Crippen LogP contribution in [0.15, 0.2) is 11.8 Å². The molecule has 2 unspecified atom stereocenters. The molecule has 0 saturated carbocycles. The molecule has 0 fully saturated rings. The summed E-state index contributed by atoms with van der Waals surface area (Å²) in [5, 5.41) is 18.7. The Morgan fingerprint density at radius 2 is 2.00 bits per heavy atom. The summed E-state index contributed by atoms with van der Waals surface area (Å²) in [5.41, 5.74) is 0. The van der Waals surface area contributed by atoms with E-state index in [-0.39, 0.29) is 5.92 Å². The summed E-state index contributed by atoms with van der Waals surface area (Å²) in [7, 11) is 0. The third kappa shape index (κ3) is 5.69. The zero-order valence-corrected chi connectivity index (χ0v) is 8.95. The van der Waals surface area contributed by atoms with Gasteiger partial charge in [-0.15, -0.1) is 0 Å². The van der Waals surface area contributed by atoms with Crippen LogP contribution in [0.5, 0.6) is 0 Å². The lowest BCUT2D eigenvalue weighted by Gasteiger charge is -2.14. The zero-order chi connectivity index (χ0) is 10.3. The van der Waals surface area contributed by atoms with Crippen LogP contribution in [0, 0.1) is 5.92 Å². The maximum absolute atomic E-state index is 9.61. The normalized spacial score (nSPS) is 17.1. The van der Waals surface area contributed by atoms with Gasteiger partial charge >= 0.3 is 0 Å². The number of hydrogen-bond donors (Lipinski definition) is 2. The van der Waals surface area contributed by atoms with Crippen molar-refractivity contribution in [3.8, 4) is 0 Å². The van der Waals surface area contributed by atoms with Gasteiger partial charge in [0.05, 0.1) is 11.9 Å². The Hall–Kier alpha value is -0.500. The molecule has 2 nitrogen and oxygen atoms in total. The number of unbranched alkanes of at least 4 members (excludes halogenated alkanes) is 1. The summed E-state index contributed by atoms with van der Waals surface area (Å²) < 4.78 is 0. The van der Waals surface area contributed by atoms with E-state index in [0.717, 1.165) is 25.7 Å². The van der Waals surface area contributed by atoms with E-state index in [9.17, 15) is 5.11 Å². The average Bonchev–Trinajstić information content (AvgIpc) is 2.04. The van der Waals surface area contributed by atoms with Crippen LogP contribution < -0.4 is 0 Å². The summed E-state index contributed by atoms with van der Waals surface area (Å²) in [6.07, 6.45) is 5.23. The first kappa shape index (κ1) is 12.5. The lowest BCUT2D eigenvalue weighted by Crippen LogP contribution is -2.06. The van der Waals surface area contributed by atoms with Crippen LogP contribution in [0.2, 0.25) is 0 Å². The number of rotatable bonds is 6. The second-order valence-corrected chi connectivity index (χ2v) is 3.58. The maximum Gasteiger partial charge on any atom is 0.0939 e. The molecule has 0 spiro atoms. The van der Waals surface area contributed by atoms with Gasteiger partial charge in [-0.1, -0.05) is 26.7 Å². The van der Waals surface area contributed by atoms with Gasteiger partial charge in [-0.3, -0.25) is 0 Å². The molecule has 0 aliphatic heterocycles. The Morgan fingerprint density at radius 3 is 2.38 bits per heavy atom. The SMILES string of the molecule is CCCCC(CC)C(O)=CC(C)O. The highest BCUT2D eigenvalue weighted by Crippen LogP contribution is 2.19. The van der Waals surface area contributed by atoms with Gasteiger partial charge in [0.2, 0.25) is 0 Å². The smallest absolute Gasteiger partial charge is 0.0939 e. The fraction of sp³-hybridized carbons (Fsp3) is 0.818. The molecule has 0 heterocycles. The second kappa shape index (κ2) is 6.96. The Morgan fingerprint density at radius 1 is 1.38 bits per heavy atom. The van der Waals surface area contributed by atoms with Crippen LogP contribution >= 0.6 is 0 Å². The fourth-order valence-corrected chi connectivity index (χ4v) is 1.39. The monoisotopic (exact) mass is 186 g/mol. The van der Waals surface area contributed by atoms with Crippen molar-refractivity contribution >= 4 is 0 Å². The molecule has 0 aliphatic rings. The van der Waals surface area contributed by atoms with Gasteiger partial charge in [-0.25, -0.2) is 0 Å². The van der Waals surface area contributed by atoms with Crippen molar-refractivity contribution in [3.63, 3.8) is 0 Å². The van der Waals surface area contributed by atoms with Gasteiger partial charge in [0.15, 0.2) is 0 Å². The van der Waals surface area contributed by atoms with Gasteiger partial charge in [0.25, 0.3) is 0 Å². The Balaban J connectivity index is 4.06. The van der Waals surface area contributed by atoms with Gasteiger partial charge < -0.3 is 10.2 Å². The van der Waals surface area contributed by atoms with Crippen LogP contribution in [-0.2, 0) is 0 Å². The first-order valence-electron chi connectivity index (χ1n) is 5.20. The van der Waals surface area contributed by atoms with Gasteiger partial charge in [0, 0.05) is 5.92 Å². The molecule has 0 saturated heterocycles. The molecule has 13 heavy (non-hydrogen) atoms. The first-order chi connectivity index (χ1) is 6.11. The molecule has 2 N–H and O–H groups in total. The van der Waals surface area contributed by atoms with E-state index in [2.05, 4.69) is 13.8 Å². The van der Waals surface area contributed by atoms with Crippen LogP contribution in [-0.4, -0.2) is 16.3 Å². The zero-order valence-electron chi connectivity index (χ0n) is 8.95. The summed E-state index contributed by atoms with van der Waals surface area (Å²) in [5.74, 6) is 0.584.